The van der Waals surface area contributed by atoms with Crippen molar-refractivity contribution in [1.82, 2.24) is 5.43 Å². The Balaban J connectivity index is 1.90. The molecule has 23 heavy (non-hydrogen) atoms. The highest BCUT2D eigenvalue weighted by molar-refractivity contribution is 9.10. The van der Waals surface area contributed by atoms with Crippen LogP contribution in [0.2, 0.25) is 0 Å². The van der Waals surface area contributed by atoms with E-state index >= 15 is 0 Å². The number of ether oxygens (including phenoxy) is 1. The number of carbonyl (C=O) groups excluding carboxylic acids is 1. The summed E-state index contributed by atoms with van der Waals surface area (Å²) in [6.45, 7) is 3.94. The van der Waals surface area contributed by atoms with Gasteiger partial charge in [0.15, 0.2) is 0 Å². The number of nitrogens with zero attached hydrogens (tertiary/aromatic N) is 1. The van der Waals surface area contributed by atoms with E-state index in [4.69, 9.17) is 4.74 Å². The molecule has 1 N–H and O–H groups in total. The second-order valence-corrected chi connectivity index (χ2v) is 6.17. The minimum atomic E-state index is -0.165. The fraction of sp³-hybridized carbons (Fsp3) is 0.222. The number of hydrazone groups is 1. The highest BCUT2D eigenvalue weighted by atomic mass is 79.9. The van der Waals surface area contributed by atoms with E-state index in [1.54, 1.807) is 6.21 Å². The maximum atomic E-state index is 11.9. The molecule has 4 nitrogen and oxygen atoms in total. The zero-order valence-corrected chi connectivity index (χ0v) is 14.7. The van der Waals surface area contributed by atoms with E-state index in [0.29, 0.717) is 0 Å². The fourth-order valence-electron chi connectivity index (χ4n) is 1.95. The molecule has 0 saturated carbocycles. The number of carbonyl (C=O) groups is 1. The van der Waals surface area contributed by atoms with Gasteiger partial charge in [0.25, 0.3) is 0 Å². The topological polar surface area (TPSA) is 50.7 Å². The molecule has 0 unspecified atom stereocenters. The third-order valence-electron chi connectivity index (χ3n) is 2.93. The molecule has 0 radical (unpaired) electrons. The second-order valence-electron chi connectivity index (χ2n) is 5.31. The highest BCUT2D eigenvalue weighted by Gasteiger charge is 2.07. The lowest BCUT2D eigenvalue weighted by atomic mass is 10.1. The summed E-state index contributed by atoms with van der Waals surface area (Å²) in [5.41, 5.74) is 4.35. The van der Waals surface area contributed by atoms with Gasteiger partial charge in [-0.05, 0) is 53.0 Å². The first-order valence-electron chi connectivity index (χ1n) is 7.36. The van der Waals surface area contributed by atoms with Gasteiger partial charge in [-0.2, -0.15) is 5.10 Å². The number of benzene rings is 2. The Labute approximate surface area is 144 Å². The summed E-state index contributed by atoms with van der Waals surface area (Å²) >= 11 is 3.46. The molecule has 120 valence electrons. The van der Waals surface area contributed by atoms with Crippen LogP contribution in [0.4, 0.5) is 0 Å². The lowest BCUT2D eigenvalue weighted by Gasteiger charge is -2.12. The summed E-state index contributed by atoms with van der Waals surface area (Å²) in [5.74, 6) is 0.605. The first kappa shape index (κ1) is 17.2. The number of nitrogens with one attached hydrogen (secondary N) is 1. The average molecular weight is 375 g/mol. The third-order valence-corrected chi connectivity index (χ3v) is 3.55. The number of hydrogen-bond donors (Lipinski definition) is 1. The van der Waals surface area contributed by atoms with Gasteiger partial charge in [-0.15, -0.1) is 0 Å². The SMILES string of the molecule is CC(C)Oc1ccc(CC(=O)NN=Cc2ccccc2)cc1Br. The largest absolute Gasteiger partial charge is 0.490 e. The maximum absolute atomic E-state index is 11.9. The first-order valence-corrected chi connectivity index (χ1v) is 8.16. The quantitative estimate of drug-likeness (QED) is 0.615. The number of rotatable bonds is 6. The maximum Gasteiger partial charge on any atom is 0.244 e. The molecule has 2 rings (SSSR count). The molecule has 0 spiro atoms. The molecule has 0 fully saturated rings. The Morgan fingerprint density at radius 1 is 1.26 bits per heavy atom. The summed E-state index contributed by atoms with van der Waals surface area (Å²) < 4.78 is 6.49. The zero-order valence-electron chi connectivity index (χ0n) is 13.1. The van der Waals surface area contributed by atoms with Gasteiger partial charge in [-0.1, -0.05) is 36.4 Å². The van der Waals surface area contributed by atoms with Crippen molar-refractivity contribution in [3.05, 3.63) is 64.1 Å². The highest BCUT2D eigenvalue weighted by Crippen LogP contribution is 2.27. The van der Waals surface area contributed by atoms with Crippen molar-refractivity contribution in [2.45, 2.75) is 26.4 Å². The van der Waals surface area contributed by atoms with E-state index in [0.717, 1.165) is 21.3 Å². The van der Waals surface area contributed by atoms with Crippen LogP contribution in [0, 0.1) is 0 Å². The molecule has 0 saturated heterocycles. The van der Waals surface area contributed by atoms with Gasteiger partial charge in [0, 0.05) is 0 Å². The molecular weight excluding hydrogens is 356 g/mol. The average Bonchev–Trinajstić information content (AvgIpc) is 2.51. The zero-order chi connectivity index (χ0) is 16.7. The minimum Gasteiger partial charge on any atom is -0.490 e. The van der Waals surface area contributed by atoms with Crippen molar-refractivity contribution in [3.63, 3.8) is 0 Å². The lowest BCUT2D eigenvalue weighted by Crippen LogP contribution is -2.19. The minimum absolute atomic E-state index is 0.104. The van der Waals surface area contributed by atoms with E-state index in [2.05, 4.69) is 26.5 Å². The molecule has 1 amide bonds. The summed E-state index contributed by atoms with van der Waals surface area (Å²) in [5, 5.41) is 3.96. The predicted molar refractivity (Wildman–Crippen MR) is 95.8 cm³/mol. The van der Waals surface area contributed by atoms with Crippen LogP contribution in [0.25, 0.3) is 0 Å². The molecular formula is C18H19BrN2O2. The fourth-order valence-corrected chi connectivity index (χ4v) is 2.47. The Kier molecular flexibility index (Phi) is 6.35. The van der Waals surface area contributed by atoms with Gasteiger partial charge < -0.3 is 4.74 Å². The summed E-state index contributed by atoms with van der Waals surface area (Å²) in [6.07, 6.45) is 1.98. The van der Waals surface area contributed by atoms with Crippen molar-refractivity contribution < 1.29 is 9.53 Å². The van der Waals surface area contributed by atoms with Gasteiger partial charge in [0.05, 0.1) is 23.2 Å². The second kappa shape index (κ2) is 8.48. The van der Waals surface area contributed by atoms with E-state index in [9.17, 15) is 4.79 Å². The van der Waals surface area contributed by atoms with Crippen molar-refractivity contribution >= 4 is 28.1 Å². The normalized spacial score (nSPS) is 11.0. The third kappa shape index (κ3) is 5.87. The number of halogens is 1. The molecule has 2 aromatic rings. The van der Waals surface area contributed by atoms with Crippen LogP contribution in [0.3, 0.4) is 0 Å². The Morgan fingerprint density at radius 2 is 2.00 bits per heavy atom. The van der Waals surface area contributed by atoms with E-state index in [1.165, 1.54) is 0 Å². The van der Waals surface area contributed by atoms with E-state index < -0.39 is 0 Å². The van der Waals surface area contributed by atoms with Crippen molar-refractivity contribution in [1.29, 1.82) is 0 Å². The van der Waals surface area contributed by atoms with Crippen LogP contribution in [0.5, 0.6) is 5.75 Å². The van der Waals surface area contributed by atoms with Crippen molar-refractivity contribution in [2.75, 3.05) is 0 Å². The molecule has 2 aromatic carbocycles. The van der Waals surface area contributed by atoms with Gasteiger partial charge in [-0.3, -0.25) is 4.79 Å². The van der Waals surface area contributed by atoms with Crippen LogP contribution >= 0.6 is 15.9 Å². The molecule has 0 bridgehead atoms. The van der Waals surface area contributed by atoms with Gasteiger partial charge in [-0.25, -0.2) is 5.43 Å². The summed E-state index contributed by atoms with van der Waals surface area (Å²) in [6, 6.07) is 15.2. The molecule has 5 heteroatoms. The van der Waals surface area contributed by atoms with Crippen LogP contribution in [-0.2, 0) is 11.2 Å². The van der Waals surface area contributed by atoms with Gasteiger partial charge in [0.2, 0.25) is 5.91 Å². The smallest absolute Gasteiger partial charge is 0.244 e. The standard InChI is InChI=1S/C18H19BrN2O2/c1-13(2)23-17-9-8-15(10-16(17)19)11-18(22)21-20-12-14-6-4-3-5-7-14/h3-10,12-13H,11H2,1-2H3,(H,21,22). The monoisotopic (exact) mass is 374 g/mol. The predicted octanol–water partition coefficient (Wildman–Crippen LogP) is 3.93. The molecule has 0 aliphatic heterocycles. The van der Waals surface area contributed by atoms with Crippen molar-refractivity contribution in [2.24, 2.45) is 5.10 Å². The van der Waals surface area contributed by atoms with Crippen molar-refractivity contribution in [3.8, 4) is 5.75 Å². The lowest BCUT2D eigenvalue weighted by molar-refractivity contribution is -0.120. The van der Waals surface area contributed by atoms with Gasteiger partial charge in [0.1, 0.15) is 5.75 Å². The summed E-state index contributed by atoms with van der Waals surface area (Å²) in [7, 11) is 0. The molecule has 0 aliphatic rings. The summed E-state index contributed by atoms with van der Waals surface area (Å²) in [4.78, 5) is 11.9. The first-order chi connectivity index (χ1) is 11.0. The van der Waals surface area contributed by atoms with Crippen LogP contribution in [0.1, 0.15) is 25.0 Å². The molecule has 0 heterocycles. The molecule has 0 aliphatic carbocycles. The Morgan fingerprint density at radius 3 is 2.65 bits per heavy atom. The van der Waals surface area contributed by atoms with Crippen LogP contribution in [0.15, 0.2) is 58.1 Å². The molecule has 0 aromatic heterocycles. The number of hydrogen-bond acceptors (Lipinski definition) is 3. The van der Waals surface area contributed by atoms with E-state index in [1.807, 2.05) is 62.4 Å². The van der Waals surface area contributed by atoms with Gasteiger partial charge >= 0.3 is 0 Å². The number of amides is 1. The van der Waals surface area contributed by atoms with E-state index in [-0.39, 0.29) is 18.4 Å². The molecule has 0 atom stereocenters. The van der Waals surface area contributed by atoms with Crippen LogP contribution in [-0.4, -0.2) is 18.2 Å². The van der Waals surface area contributed by atoms with Crippen LogP contribution < -0.4 is 10.2 Å². The Bertz CT molecular complexity index is 685. The Hall–Kier alpha value is -2.14.